The largest absolute Gasteiger partial charge is 0.324 e. The molecule has 0 heterocycles. The quantitative estimate of drug-likeness (QED) is 0.877. The molecule has 2 aromatic rings. The molecule has 0 saturated carbocycles. The third kappa shape index (κ3) is 3.05. The van der Waals surface area contributed by atoms with Gasteiger partial charge in [-0.2, -0.15) is 0 Å². The van der Waals surface area contributed by atoms with Gasteiger partial charge in [0.05, 0.1) is 0 Å². The number of nitrogens with two attached hydrogens (primary N) is 1. The van der Waals surface area contributed by atoms with Crippen molar-refractivity contribution in [3.05, 3.63) is 69.2 Å². The van der Waals surface area contributed by atoms with Crippen LogP contribution in [0.15, 0.2) is 42.5 Å². The van der Waals surface area contributed by atoms with Crippen molar-refractivity contribution in [3.8, 4) is 0 Å². The normalized spacial score (nSPS) is 12.4. The Morgan fingerprint density at radius 1 is 1.11 bits per heavy atom. The molecule has 3 heteroatoms. The van der Waals surface area contributed by atoms with Crippen LogP contribution in [-0.2, 0) is 6.42 Å². The molecule has 2 aromatic carbocycles. The number of benzene rings is 2. The monoisotopic (exact) mass is 279 g/mol. The van der Waals surface area contributed by atoms with Crippen molar-refractivity contribution < 1.29 is 0 Å². The molecular formula is C15H15Cl2N. The van der Waals surface area contributed by atoms with E-state index in [9.17, 15) is 0 Å². The van der Waals surface area contributed by atoms with Crippen molar-refractivity contribution in [1.82, 2.24) is 0 Å². The van der Waals surface area contributed by atoms with E-state index in [-0.39, 0.29) is 6.04 Å². The zero-order chi connectivity index (χ0) is 13.1. The predicted molar refractivity (Wildman–Crippen MR) is 78.3 cm³/mol. The van der Waals surface area contributed by atoms with E-state index in [0.717, 1.165) is 21.7 Å². The average Bonchev–Trinajstić information content (AvgIpc) is 2.35. The van der Waals surface area contributed by atoms with Crippen LogP contribution in [0.25, 0.3) is 0 Å². The van der Waals surface area contributed by atoms with E-state index < -0.39 is 0 Å². The molecule has 0 bridgehead atoms. The summed E-state index contributed by atoms with van der Waals surface area (Å²) in [5, 5.41) is 1.47. The summed E-state index contributed by atoms with van der Waals surface area (Å²) in [6, 6.07) is 13.5. The SMILES string of the molecule is Cc1ccc(Cl)cc1C(N)Cc1ccccc1Cl. The summed E-state index contributed by atoms with van der Waals surface area (Å²) in [4.78, 5) is 0. The van der Waals surface area contributed by atoms with E-state index in [1.54, 1.807) is 0 Å². The van der Waals surface area contributed by atoms with Gasteiger partial charge in [0.2, 0.25) is 0 Å². The molecule has 0 fully saturated rings. The van der Waals surface area contributed by atoms with E-state index in [1.807, 2.05) is 49.4 Å². The van der Waals surface area contributed by atoms with Crippen molar-refractivity contribution in [2.24, 2.45) is 5.73 Å². The molecule has 1 atom stereocenters. The highest BCUT2D eigenvalue weighted by Crippen LogP contribution is 2.25. The van der Waals surface area contributed by atoms with E-state index in [4.69, 9.17) is 28.9 Å². The topological polar surface area (TPSA) is 26.0 Å². The Morgan fingerprint density at radius 2 is 1.83 bits per heavy atom. The average molecular weight is 280 g/mol. The second kappa shape index (κ2) is 5.75. The van der Waals surface area contributed by atoms with E-state index in [0.29, 0.717) is 11.4 Å². The first kappa shape index (κ1) is 13.4. The number of hydrogen-bond donors (Lipinski definition) is 1. The van der Waals surface area contributed by atoms with Gasteiger partial charge in [-0.15, -0.1) is 0 Å². The van der Waals surface area contributed by atoms with Gasteiger partial charge in [-0.25, -0.2) is 0 Å². The van der Waals surface area contributed by atoms with Gasteiger partial charge in [-0.3, -0.25) is 0 Å². The predicted octanol–water partition coefficient (Wildman–Crippen LogP) is 4.54. The van der Waals surface area contributed by atoms with Crippen LogP contribution < -0.4 is 5.73 Å². The lowest BCUT2D eigenvalue weighted by atomic mass is 9.96. The van der Waals surface area contributed by atoms with Crippen LogP contribution in [0.1, 0.15) is 22.7 Å². The molecule has 1 nitrogen and oxygen atoms in total. The van der Waals surface area contributed by atoms with Crippen LogP contribution in [0.5, 0.6) is 0 Å². The first-order chi connectivity index (χ1) is 8.58. The fourth-order valence-corrected chi connectivity index (χ4v) is 2.42. The number of halogens is 2. The summed E-state index contributed by atoms with van der Waals surface area (Å²) in [6.45, 7) is 2.04. The summed E-state index contributed by atoms with van der Waals surface area (Å²) >= 11 is 12.2. The lowest BCUT2D eigenvalue weighted by molar-refractivity contribution is 0.717. The Bertz CT molecular complexity index is 552. The van der Waals surface area contributed by atoms with Crippen LogP contribution in [0.3, 0.4) is 0 Å². The highest BCUT2D eigenvalue weighted by atomic mass is 35.5. The van der Waals surface area contributed by atoms with Gasteiger partial charge in [0, 0.05) is 16.1 Å². The molecule has 0 saturated heterocycles. The maximum atomic E-state index is 6.25. The molecular weight excluding hydrogens is 265 g/mol. The van der Waals surface area contributed by atoms with Gasteiger partial charge in [0.15, 0.2) is 0 Å². The standard InChI is InChI=1S/C15H15Cl2N/c1-10-6-7-12(16)9-13(10)15(18)8-11-4-2-3-5-14(11)17/h2-7,9,15H,8,18H2,1H3. The maximum Gasteiger partial charge on any atom is 0.0438 e. The van der Waals surface area contributed by atoms with Crippen molar-refractivity contribution in [2.75, 3.05) is 0 Å². The summed E-state index contributed by atoms with van der Waals surface area (Å²) < 4.78 is 0. The maximum absolute atomic E-state index is 6.25. The van der Waals surface area contributed by atoms with Crippen molar-refractivity contribution in [3.63, 3.8) is 0 Å². The minimum Gasteiger partial charge on any atom is -0.324 e. The fourth-order valence-electron chi connectivity index (χ4n) is 2.02. The molecule has 18 heavy (non-hydrogen) atoms. The minimum absolute atomic E-state index is 0.0939. The molecule has 0 spiro atoms. The van der Waals surface area contributed by atoms with Crippen LogP contribution in [0.2, 0.25) is 10.0 Å². The van der Waals surface area contributed by atoms with Gasteiger partial charge < -0.3 is 5.73 Å². The molecule has 0 aromatic heterocycles. The van der Waals surface area contributed by atoms with Crippen molar-refractivity contribution in [1.29, 1.82) is 0 Å². The van der Waals surface area contributed by atoms with Crippen LogP contribution in [0.4, 0.5) is 0 Å². The van der Waals surface area contributed by atoms with E-state index in [1.165, 1.54) is 0 Å². The lowest BCUT2D eigenvalue weighted by Crippen LogP contribution is -2.14. The van der Waals surface area contributed by atoms with Gasteiger partial charge in [-0.1, -0.05) is 47.5 Å². The number of rotatable bonds is 3. The molecule has 0 aliphatic rings. The molecule has 0 aliphatic carbocycles. The zero-order valence-electron chi connectivity index (χ0n) is 10.2. The smallest absolute Gasteiger partial charge is 0.0438 e. The van der Waals surface area contributed by atoms with Crippen LogP contribution in [0, 0.1) is 6.92 Å². The van der Waals surface area contributed by atoms with Gasteiger partial charge in [0.1, 0.15) is 0 Å². The molecule has 1 unspecified atom stereocenters. The second-order valence-electron chi connectivity index (χ2n) is 4.40. The van der Waals surface area contributed by atoms with Gasteiger partial charge >= 0.3 is 0 Å². The Hall–Kier alpha value is -1.02. The Balaban J connectivity index is 2.25. The van der Waals surface area contributed by atoms with Crippen molar-refractivity contribution in [2.45, 2.75) is 19.4 Å². The summed E-state index contributed by atoms with van der Waals surface area (Å²) in [5.74, 6) is 0. The molecule has 2 rings (SSSR count). The first-order valence-corrected chi connectivity index (χ1v) is 6.58. The summed E-state index contributed by atoms with van der Waals surface area (Å²) in [7, 11) is 0. The van der Waals surface area contributed by atoms with Gasteiger partial charge in [-0.05, 0) is 48.2 Å². The third-order valence-electron chi connectivity index (χ3n) is 3.04. The van der Waals surface area contributed by atoms with E-state index >= 15 is 0 Å². The molecule has 94 valence electrons. The fraction of sp³-hybridized carbons (Fsp3) is 0.200. The molecule has 0 aliphatic heterocycles. The summed E-state index contributed by atoms with van der Waals surface area (Å²) in [6.07, 6.45) is 0.709. The minimum atomic E-state index is -0.0939. The van der Waals surface area contributed by atoms with Gasteiger partial charge in [0.25, 0.3) is 0 Å². The van der Waals surface area contributed by atoms with Crippen molar-refractivity contribution >= 4 is 23.2 Å². The highest BCUT2D eigenvalue weighted by molar-refractivity contribution is 6.31. The molecule has 2 N–H and O–H groups in total. The lowest BCUT2D eigenvalue weighted by Gasteiger charge is -2.16. The van der Waals surface area contributed by atoms with Crippen LogP contribution >= 0.6 is 23.2 Å². The highest BCUT2D eigenvalue weighted by Gasteiger charge is 2.12. The molecule has 0 amide bonds. The second-order valence-corrected chi connectivity index (χ2v) is 5.25. The first-order valence-electron chi connectivity index (χ1n) is 5.83. The Kier molecular flexibility index (Phi) is 4.28. The third-order valence-corrected chi connectivity index (χ3v) is 3.64. The molecule has 0 radical (unpaired) electrons. The number of aryl methyl sites for hydroxylation is 1. The summed E-state index contributed by atoms with van der Waals surface area (Å²) in [5.41, 5.74) is 9.53. The Labute approximate surface area is 118 Å². The van der Waals surface area contributed by atoms with E-state index in [2.05, 4.69) is 0 Å². The zero-order valence-corrected chi connectivity index (χ0v) is 11.7. The van der Waals surface area contributed by atoms with Crippen LogP contribution in [-0.4, -0.2) is 0 Å². The number of hydrogen-bond acceptors (Lipinski definition) is 1. The Morgan fingerprint density at radius 3 is 2.56 bits per heavy atom.